The smallest absolute Gasteiger partial charge is 0.294 e. The summed E-state index contributed by atoms with van der Waals surface area (Å²) in [4.78, 5) is 0. The van der Waals surface area contributed by atoms with Gasteiger partial charge in [-0.05, 0) is 6.92 Å². The molecule has 0 radical (unpaired) electrons. The van der Waals surface area contributed by atoms with Gasteiger partial charge in [-0.25, -0.2) is 4.39 Å². The molecule has 5 atom stereocenters. The van der Waals surface area contributed by atoms with Crippen LogP contribution in [0.25, 0.3) is 0 Å². The molecular formula is C7H11FO5. The molecule has 5 nitrogen and oxygen atoms in total. The van der Waals surface area contributed by atoms with E-state index in [2.05, 4.69) is 4.74 Å². The minimum Gasteiger partial charge on any atom is -0.394 e. The summed E-state index contributed by atoms with van der Waals surface area (Å²) in [6.45, 7) is 0.817. The molecular weight excluding hydrogens is 183 g/mol. The molecule has 76 valence electrons. The molecule has 2 saturated heterocycles. The molecule has 2 fully saturated rings. The van der Waals surface area contributed by atoms with Crippen LogP contribution in [0.5, 0.6) is 0 Å². The van der Waals surface area contributed by atoms with Crippen LogP contribution >= 0.6 is 0 Å². The molecule has 0 spiro atoms. The molecule has 0 bridgehead atoms. The van der Waals surface area contributed by atoms with Gasteiger partial charge in [0.15, 0.2) is 0 Å². The van der Waals surface area contributed by atoms with Crippen molar-refractivity contribution in [2.24, 2.45) is 0 Å². The van der Waals surface area contributed by atoms with Crippen molar-refractivity contribution in [2.75, 3.05) is 6.61 Å². The van der Waals surface area contributed by atoms with Crippen molar-refractivity contribution in [1.82, 2.24) is 0 Å². The minimum absolute atomic E-state index is 0.493. The van der Waals surface area contributed by atoms with Crippen LogP contribution in [0, 0.1) is 0 Å². The van der Waals surface area contributed by atoms with E-state index in [0.29, 0.717) is 0 Å². The lowest BCUT2D eigenvalue weighted by atomic mass is 9.97. The van der Waals surface area contributed by atoms with Crippen LogP contribution in [-0.4, -0.2) is 51.9 Å². The zero-order valence-corrected chi connectivity index (χ0v) is 6.98. The number of rotatable bonds is 1. The highest BCUT2D eigenvalue weighted by Gasteiger charge is 2.79. The number of ether oxygens (including phenoxy) is 2. The summed E-state index contributed by atoms with van der Waals surface area (Å²) >= 11 is 0. The number of halogens is 1. The Morgan fingerprint density at radius 3 is 2.62 bits per heavy atom. The fourth-order valence-corrected chi connectivity index (χ4v) is 1.62. The monoisotopic (exact) mass is 194 g/mol. The molecule has 2 aliphatic rings. The summed E-state index contributed by atoms with van der Waals surface area (Å²) < 4.78 is 22.9. The van der Waals surface area contributed by atoms with E-state index in [1.165, 1.54) is 6.92 Å². The third-order valence-corrected chi connectivity index (χ3v) is 2.56. The van der Waals surface area contributed by atoms with Crippen molar-refractivity contribution in [3.63, 3.8) is 0 Å². The molecule has 0 amide bonds. The fraction of sp³-hybridized carbons (Fsp3) is 1.00. The summed E-state index contributed by atoms with van der Waals surface area (Å²) in [7, 11) is 0. The number of aliphatic hydroxyl groups is 3. The SMILES string of the molecule is CC12O[C@H](CO)[C@@H](O)[C@H](O)[C@]1(F)O2. The van der Waals surface area contributed by atoms with Gasteiger partial charge in [-0.3, -0.25) is 0 Å². The lowest BCUT2D eigenvalue weighted by Gasteiger charge is -2.32. The van der Waals surface area contributed by atoms with Crippen molar-refractivity contribution >= 4 is 0 Å². The van der Waals surface area contributed by atoms with Crippen LogP contribution in [-0.2, 0) is 9.47 Å². The van der Waals surface area contributed by atoms with E-state index < -0.39 is 36.6 Å². The Labute approximate surface area is 73.7 Å². The second kappa shape index (κ2) is 2.40. The van der Waals surface area contributed by atoms with Gasteiger partial charge in [0.1, 0.15) is 18.3 Å². The van der Waals surface area contributed by atoms with Crippen LogP contribution in [0.2, 0.25) is 0 Å². The molecule has 13 heavy (non-hydrogen) atoms. The van der Waals surface area contributed by atoms with Crippen LogP contribution in [0.3, 0.4) is 0 Å². The van der Waals surface area contributed by atoms with Crippen molar-refractivity contribution in [2.45, 2.75) is 36.9 Å². The first-order valence-electron chi connectivity index (χ1n) is 3.98. The molecule has 0 aromatic carbocycles. The van der Waals surface area contributed by atoms with E-state index in [1.54, 1.807) is 0 Å². The van der Waals surface area contributed by atoms with Crippen molar-refractivity contribution in [3.05, 3.63) is 0 Å². The number of aliphatic hydroxyl groups excluding tert-OH is 3. The first kappa shape index (κ1) is 9.29. The van der Waals surface area contributed by atoms with E-state index in [0.717, 1.165) is 0 Å². The predicted molar refractivity (Wildman–Crippen MR) is 37.3 cm³/mol. The Bertz CT molecular complexity index is 237. The Kier molecular flexibility index (Phi) is 1.71. The highest BCUT2D eigenvalue weighted by molar-refractivity contribution is 5.11. The zero-order chi connectivity index (χ0) is 9.85. The normalized spacial score (nSPS) is 60.2. The minimum atomic E-state index is -2.34. The summed E-state index contributed by atoms with van der Waals surface area (Å²) in [5.41, 5.74) is 0. The Hall–Kier alpha value is -0.270. The first-order chi connectivity index (χ1) is 5.94. The maximum Gasteiger partial charge on any atom is 0.294 e. The maximum atomic E-state index is 13.4. The Balaban J connectivity index is 2.21. The molecule has 3 N–H and O–H groups in total. The number of alkyl halides is 1. The molecule has 0 aliphatic carbocycles. The predicted octanol–water partition coefficient (Wildman–Crippen LogP) is -1.49. The summed E-state index contributed by atoms with van der Waals surface area (Å²) in [6.07, 6.45) is -4.15. The van der Waals surface area contributed by atoms with Gasteiger partial charge < -0.3 is 24.8 Å². The Morgan fingerprint density at radius 1 is 1.46 bits per heavy atom. The highest BCUT2D eigenvalue weighted by Crippen LogP contribution is 2.56. The van der Waals surface area contributed by atoms with E-state index in [-0.39, 0.29) is 0 Å². The molecule has 2 heterocycles. The second-order valence-corrected chi connectivity index (χ2v) is 3.47. The highest BCUT2D eigenvalue weighted by atomic mass is 19.2. The molecule has 0 aromatic heterocycles. The summed E-state index contributed by atoms with van der Waals surface area (Å²) in [6, 6.07) is 0. The van der Waals surface area contributed by atoms with Gasteiger partial charge in [0, 0.05) is 0 Å². The lowest BCUT2D eigenvalue weighted by molar-refractivity contribution is -0.207. The number of fused-ring (bicyclic) bond motifs is 1. The number of epoxide rings is 1. The van der Waals surface area contributed by atoms with Crippen LogP contribution in [0.4, 0.5) is 4.39 Å². The second-order valence-electron chi connectivity index (χ2n) is 3.47. The van der Waals surface area contributed by atoms with Gasteiger partial charge in [-0.1, -0.05) is 0 Å². The molecule has 0 saturated carbocycles. The van der Waals surface area contributed by atoms with Gasteiger partial charge in [0.05, 0.1) is 6.61 Å². The lowest BCUT2D eigenvalue weighted by Crippen LogP contribution is -2.56. The van der Waals surface area contributed by atoms with Gasteiger partial charge in [0.25, 0.3) is 5.85 Å². The van der Waals surface area contributed by atoms with Gasteiger partial charge in [-0.2, -0.15) is 0 Å². The number of hydrogen-bond donors (Lipinski definition) is 3. The van der Waals surface area contributed by atoms with E-state index in [1.807, 2.05) is 0 Å². The average Bonchev–Trinajstić information content (AvgIpc) is 2.64. The third kappa shape index (κ3) is 0.976. The molecule has 2 rings (SSSR count). The quantitative estimate of drug-likeness (QED) is 0.443. The van der Waals surface area contributed by atoms with Crippen molar-refractivity contribution in [1.29, 1.82) is 0 Å². The van der Waals surface area contributed by atoms with Crippen LogP contribution in [0.1, 0.15) is 6.92 Å². The third-order valence-electron chi connectivity index (χ3n) is 2.56. The van der Waals surface area contributed by atoms with Gasteiger partial charge in [-0.15, -0.1) is 0 Å². The zero-order valence-electron chi connectivity index (χ0n) is 6.98. The fourth-order valence-electron chi connectivity index (χ4n) is 1.62. The first-order valence-corrected chi connectivity index (χ1v) is 3.98. The van der Waals surface area contributed by atoms with Crippen LogP contribution < -0.4 is 0 Å². The summed E-state index contributed by atoms with van der Waals surface area (Å²) in [5.74, 6) is -3.86. The van der Waals surface area contributed by atoms with Gasteiger partial charge in [0.2, 0.25) is 5.79 Å². The standard InChI is InChI=1S/C7H11FO5/c1-6-7(8,13-6)5(11)4(10)3(2-9)12-6/h3-5,9-11H,2H2,1H3/t3-,4-,5+,6?,7+/m1/s1. The van der Waals surface area contributed by atoms with Gasteiger partial charge >= 0.3 is 0 Å². The topological polar surface area (TPSA) is 82.5 Å². The Morgan fingerprint density at radius 2 is 2.08 bits per heavy atom. The number of hydrogen-bond acceptors (Lipinski definition) is 5. The van der Waals surface area contributed by atoms with E-state index >= 15 is 0 Å². The molecule has 6 heteroatoms. The van der Waals surface area contributed by atoms with E-state index in [9.17, 15) is 14.6 Å². The van der Waals surface area contributed by atoms with Crippen molar-refractivity contribution < 1.29 is 29.2 Å². The molecule has 0 aromatic rings. The summed E-state index contributed by atoms with van der Waals surface area (Å²) in [5, 5.41) is 27.3. The molecule has 2 aliphatic heterocycles. The molecule has 1 unspecified atom stereocenters. The largest absolute Gasteiger partial charge is 0.394 e. The maximum absolute atomic E-state index is 13.4. The van der Waals surface area contributed by atoms with Crippen molar-refractivity contribution in [3.8, 4) is 0 Å². The average molecular weight is 194 g/mol. The van der Waals surface area contributed by atoms with Crippen LogP contribution in [0.15, 0.2) is 0 Å². The van der Waals surface area contributed by atoms with E-state index in [4.69, 9.17) is 9.84 Å².